The van der Waals surface area contributed by atoms with E-state index in [1.165, 1.54) is 6.07 Å². The van der Waals surface area contributed by atoms with Gasteiger partial charge < -0.3 is 15.5 Å². The molecule has 2 aromatic carbocycles. The van der Waals surface area contributed by atoms with E-state index >= 15 is 0 Å². The van der Waals surface area contributed by atoms with Gasteiger partial charge >= 0.3 is 6.18 Å². The van der Waals surface area contributed by atoms with Crippen molar-refractivity contribution in [2.24, 2.45) is 5.92 Å². The van der Waals surface area contributed by atoms with Gasteiger partial charge in [0, 0.05) is 42.3 Å². The number of carbonyl (C=O) groups is 2. The maximum Gasteiger partial charge on any atom is 0.416 e. The molecule has 8 nitrogen and oxygen atoms in total. The number of aromatic nitrogens is 1. The van der Waals surface area contributed by atoms with Crippen LogP contribution in [0.15, 0.2) is 84.0 Å². The van der Waals surface area contributed by atoms with Crippen LogP contribution in [0, 0.1) is 5.92 Å². The first-order valence-corrected chi connectivity index (χ1v) is 15.4. The Morgan fingerprint density at radius 2 is 1.71 bits per heavy atom. The van der Waals surface area contributed by atoms with Crippen LogP contribution in [0.5, 0.6) is 0 Å². The third kappa shape index (κ3) is 6.75. The number of likely N-dealkylation sites (tertiary alicyclic amines) is 1. The number of amides is 2. The van der Waals surface area contributed by atoms with Gasteiger partial charge in [-0.25, -0.2) is 8.42 Å². The third-order valence-electron chi connectivity index (χ3n) is 7.93. The van der Waals surface area contributed by atoms with E-state index in [-0.39, 0.29) is 46.5 Å². The van der Waals surface area contributed by atoms with Crippen LogP contribution in [-0.2, 0) is 20.8 Å². The van der Waals surface area contributed by atoms with E-state index in [1.54, 1.807) is 47.6 Å². The summed E-state index contributed by atoms with van der Waals surface area (Å²) in [4.78, 5) is 32.2. The average Bonchev–Trinajstić information content (AvgIpc) is 3.33. The van der Waals surface area contributed by atoms with E-state index in [9.17, 15) is 31.2 Å². The molecule has 1 aromatic heterocycles. The first kappa shape index (κ1) is 29.6. The zero-order valence-corrected chi connectivity index (χ0v) is 23.4. The Bertz CT molecular complexity index is 1520. The molecular formula is C30H31F3N4O4S. The van der Waals surface area contributed by atoms with Crippen molar-refractivity contribution < 1.29 is 31.2 Å². The highest BCUT2D eigenvalue weighted by atomic mass is 32.2. The van der Waals surface area contributed by atoms with Gasteiger partial charge in [-0.1, -0.05) is 24.3 Å². The molecule has 42 heavy (non-hydrogen) atoms. The Morgan fingerprint density at radius 3 is 2.43 bits per heavy atom. The summed E-state index contributed by atoms with van der Waals surface area (Å²) in [5, 5.41) is 6.04. The Morgan fingerprint density at radius 1 is 0.976 bits per heavy atom. The van der Waals surface area contributed by atoms with Crippen LogP contribution < -0.4 is 10.6 Å². The zero-order chi connectivity index (χ0) is 29.9. The van der Waals surface area contributed by atoms with Crippen LogP contribution in [0.4, 0.5) is 18.9 Å². The lowest BCUT2D eigenvalue weighted by Gasteiger charge is -2.41. The highest BCUT2D eigenvalue weighted by molar-refractivity contribution is 7.91. The molecule has 2 heterocycles. The van der Waals surface area contributed by atoms with E-state index in [1.807, 2.05) is 12.1 Å². The summed E-state index contributed by atoms with van der Waals surface area (Å²) in [5.41, 5.74) is -0.271. The molecule has 3 aromatic rings. The normalized spacial score (nSPS) is 23.0. The van der Waals surface area contributed by atoms with Crippen molar-refractivity contribution in [1.82, 2.24) is 15.2 Å². The van der Waals surface area contributed by atoms with Crippen LogP contribution in [0.25, 0.3) is 0 Å². The molecule has 2 fully saturated rings. The molecule has 0 bridgehead atoms. The number of hydrogen-bond acceptors (Lipinski definition) is 6. The molecule has 1 aliphatic heterocycles. The molecule has 12 heteroatoms. The van der Waals surface area contributed by atoms with Gasteiger partial charge in [0.05, 0.1) is 16.2 Å². The molecule has 2 aliphatic rings. The van der Waals surface area contributed by atoms with Gasteiger partial charge in [0.15, 0.2) is 9.84 Å². The highest BCUT2D eigenvalue weighted by Crippen LogP contribution is 2.35. The number of nitrogens with zero attached hydrogens (tertiary/aromatic N) is 2. The van der Waals surface area contributed by atoms with Crippen molar-refractivity contribution in [3.63, 3.8) is 0 Å². The largest absolute Gasteiger partial charge is 0.416 e. The van der Waals surface area contributed by atoms with E-state index in [0.717, 1.165) is 23.9 Å². The second-order valence-electron chi connectivity index (χ2n) is 10.7. The predicted octanol–water partition coefficient (Wildman–Crippen LogP) is 4.55. The number of hydrogen-bond donors (Lipinski definition) is 2. The fourth-order valence-corrected chi connectivity index (χ4v) is 7.59. The molecular weight excluding hydrogens is 569 g/mol. The summed E-state index contributed by atoms with van der Waals surface area (Å²) in [5.74, 6) is -1.66. The molecule has 5 rings (SSSR count). The molecule has 1 saturated heterocycles. The van der Waals surface area contributed by atoms with Crippen LogP contribution in [-0.4, -0.2) is 60.5 Å². The van der Waals surface area contributed by atoms with Crippen molar-refractivity contribution >= 4 is 27.3 Å². The van der Waals surface area contributed by atoms with E-state index in [4.69, 9.17) is 0 Å². The lowest BCUT2D eigenvalue weighted by Crippen LogP contribution is -2.51. The van der Waals surface area contributed by atoms with Gasteiger partial charge in [0.1, 0.15) is 6.04 Å². The summed E-state index contributed by atoms with van der Waals surface area (Å²) in [7, 11) is -3.66. The first-order chi connectivity index (χ1) is 20.0. The summed E-state index contributed by atoms with van der Waals surface area (Å²) in [6, 6.07) is 14.6. The Hall–Kier alpha value is -3.93. The summed E-state index contributed by atoms with van der Waals surface area (Å²) in [6.45, 7) is 0.307. The molecule has 2 N–H and O–H groups in total. The van der Waals surface area contributed by atoms with Crippen molar-refractivity contribution in [1.29, 1.82) is 0 Å². The molecule has 2 amide bonds. The maximum absolute atomic E-state index is 13.5. The van der Waals surface area contributed by atoms with Crippen molar-refractivity contribution in [2.45, 2.75) is 54.9 Å². The van der Waals surface area contributed by atoms with Gasteiger partial charge in [-0.05, 0) is 74.1 Å². The van der Waals surface area contributed by atoms with Crippen LogP contribution in [0.1, 0.15) is 41.6 Å². The Labute approximate surface area is 242 Å². The third-order valence-corrected chi connectivity index (χ3v) is 9.78. The monoisotopic (exact) mass is 600 g/mol. The van der Waals surface area contributed by atoms with Crippen LogP contribution in [0.3, 0.4) is 0 Å². The quantitative estimate of drug-likeness (QED) is 0.393. The van der Waals surface area contributed by atoms with Gasteiger partial charge in [-0.3, -0.25) is 14.6 Å². The molecule has 0 spiro atoms. The number of sulfone groups is 1. The molecule has 1 aliphatic carbocycles. The number of halogens is 3. The highest BCUT2D eigenvalue weighted by Gasteiger charge is 2.43. The fraction of sp³-hybridized carbons (Fsp3) is 0.367. The van der Waals surface area contributed by atoms with E-state index in [0.29, 0.717) is 25.8 Å². The SMILES string of the molecule is O=C(NC1CCN(C2CC[C@@H](Nc3ccncc3)C[C@H]2CS(=O)(=O)c2ccccc2)C1=O)c1cccc(C(F)(F)F)c1. The molecule has 222 valence electrons. The number of anilines is 1. The van der Waals surface area contributed by atoms with Gasteiger partial charge in [0.25, 0.3) is 5.91 Å². The summed E-state index contributed by atoms with van der Waals surface area (Å²) in [6.07, 6.45) is 0.763. The lowest BCUT2D eigenvalue weighted by molar-refractivity contribution is -0.137. The van der Waals surface area contributed by atoms with E-state index in [2.05, 4.69) is 15.6 Å². The first-order valence-electron chi connectivity index (χ1n) is 13.7. The Balaban J connectivity index is 1.32. The average molecular weight is 601 g/mol. The van der Waals surface area contributed by atoms with Crippen molar-refractivity contribution in [3.8, 4) is 0 Å². The van der Waals surface area contributed by atoms with E-state index < -0.39 is 33.5 Å². The predicted molar refractivity (Wildman–Crippen MR) is 150 cm³/mol. The standard InChI is InChI=1S/C30H31F3N4O4S/c31-30(32,33)22-6-4-5-20(17-22)28(38)36-26-13-16-37(29(26)39)27-10-9-24(35-23-11-14-34-15-12-23)18-21(27)19-42(40,41)25-7-2-1-3-8-25/h1-8,11-12,14-15,17,21,24,26-27H,9-10,13,16,18-19H2,(H,34,35)(H,36,38)/t21-,24+,26?,27?/m0/s1. The van der Waals surface area contributed by atoms with Crippen LogP contribution >= 0.6 is 0 Å². The molecule has 4 atom stereocenters. The number of pyridine rings is 1. The lowest BCUT2D eigenvalue weighted by atomic mass is 9.81. The second-order valence-corrected chi connectivity index (χ2v) is 12.8. The van der Waals surface area contributed by atoms with Gasteiger partial charge in [0.2, 0.25) is 5.91 Å². The zero-order valence-electron chi connectivity index (χ0n) is 22.6. The number of nitrogens with one attached hydrogen (secondary N) is 2. The minimum absolute atomic E-state index is 0.0197. The summed E-state index contributed by atoms with van der Waals surface area (Å²) >= 11 is 0. The number of rotatable bonds is 8. The second kappa shape index (κ2) is 12.1. The topological polar surface area (TPSA) is 108 Å². The van der Waals surface area contributed by atoms with Crippen LogP contribution in [0.2, 0.25) is 0 Å². The molecule has 2 unspecified atom stereocenters. The minimum atomic E-state index is -4.60. The van der Waals surface area contributed by atoms with Gasteiger partial charge in [-0.2, -0.15) is 13.2 Å². The number of benzene rings is 2. The fourth-order valence-electron chi connectivity index (χ4n) is 5.90. The molecule has 0 radical (unpaired) electrons. The number of alkyl halides is 3. The van der Waals surface area contributed by atoms with Crippen molar-refractivity contribution in [2.75, 3.05) is 17.6 Å². The Kier molecular flexibility index (Phi) is 8.53. The smallest absolute Gasteiger partial charge is 0.382 e. The van der Waals surface area contributed by atoms with Gasteiger partial charge in [-0.15, -0.1) is 0 Å². The van der Waals surface area contributed by atoms with Crippen molar-refractivity contribution in [3.05, 3.63) is 90.3 Å². The minimum Gasteiger partial charge on any atom is -0.382 e. The summed E-state index contributed by atoms with van der Waals surface area (Å²) < 4.78 is 66.2. The number of carbonyl (C=O) groups excluding carboxylic acids is 2. The maximum atomic E-state index is 13.5. The molecule has 1 saturated carbocycles.